The number of hydrogen-bond acceptors (Lipinski definition) is 3. The van der Waals surface area contributed by atoms with Crippen LogP contribution < -0.4 is 16.0 Å². The molecule has 1 heterocycles. The fourth-order valence-electron chi connectivity index (χ4n) is 2.51. The fraction of sp³-hybridized carbons (Fsp3) is 0.467. The molecule has 0 bridgehead atoms. The van der Waals surface area contributed by atoms with Crippen LogP contribution in [-0.4, -0.2) is 24.4 Å². The van der Waals surface area contributed by atoms with E-state index in [4.69, 9.17) is 11.6 Å². The van der Waals surface area contributed by atoms with Crippen molar-refractivity contribution in [1.29, 1.82) is 0 Å². The highest BCUT2D eigenvalue weighted by molar-refractivity contribution is 6.33. The summed E-state index contributed by atoms with van der Waals surface area (Å²) in [5.74, 6) is -0.200. The lowest BCUT2D eigenvalue weighted by atomic mass is 9.92. The highest BCUT2D eigenvalue weighted by atomic mass is 35.5. The summed E-state index contributed by atoms with van der Waals surface area (Å²) in [6, 6.07) is 5.38. The van der Waals surface area contributed by atoms with Gasteiger partial charge in [0.25, 0.3) is 0 Å². The van der Waals surface area contributed by atoms with Crippen LogP contribution >= 0.6 is 24.0 Å². The van der Waals surface area contributed by atoms with E-state index >= 15 is 0 Å². The third-order valence-corrected chi connectivity index (χ3v) is 3.87. The Morgan fingerprint density at radius 2 is 2.05 bits per heavy atom. The lowest BCUT2D eigenvalue weighted by molar-refractivity contribution is -0.120. The summed E-state index contributed by atoms with van der Waals surface area (Å²) in [7, 11) is 0. The molecule has 7 heteroatoms. The third-order valence-electron chi connectivity index (χ3n) is 3.54. The molecule has 1 aromatic carbocycles. The Morgan fingerprint density at radius 1 is 1.32 bits per heavy atom. The number of nitrogens with one attached hydrogen (secondary N) is 3. The van der Waals surface area contributed by atoms with E-state index in [-0.39, 0.29) is 30.1 Å². The lowest BCUT2D eigenvalue weighted by Crippen LogP contribution is -2.40. The van der Waals surface area contributed by atoms with Gasteiger partial charge in [0.15, 0.2) is 0 Å². The zero-order valence-electron chi connectivity index (χ0n) is 12.6. The second-order valence-corrected chi connectivity index (χ2v) is 5.85. The molecule has 22 heavy (non-hydrogen) atoms. The maximum absolute atomic E-state index is 12.3. The maximum atomic E-state index is 12.3. The fourth-order valence-corrected chi connectivity index (χ4v) is 2.67. The number of benzene rings is 1. The minimum absolute atomic E-state index is 0. The van der Waals surface area contributed by atoms with Crippen molar-refractivity contribution in [3.8, 4) is 0 Å². The zero-order valence-corrected chi connectivity index (χ0v) is 14.2. The van der Waals surface area contributed by atoms with Crippen molar-refractivity contribution in [3.63, 3.8) is 0 Å². The summed E-state index contributed by atoms with van der Waals surface area (Å²) in [5.41, 5.74) is 1.14. The topological polar surface area (TPSA) is 70.2 Å². The van der Waals surface area contributed by atoms with Crippen molar-refractivity contribution in [2.75, 3.05) is 17.2 Å². The maximum Gasteiger partial charge on any atom is 0.227 e. The largest absolute Gasteiger partial charge is 0.326 e. The van der Waals surface area contributed by atoms with Gasteiger partial charge in [0.1, 0.15) is 0 Å². The number of carbonyl (C=O) groups excluding carboxylic acids is 2. The molecule has 1 aliphatic rings. The number of amides is 2. The first kappa shape index (κ1) is 18.7. The van der Waals surface area contributed by atoms with E-state index in [0.717, 1.165) is 19.4 Å². The van der Waals surface area contributed by atoms with Crippen LogP contribution in [0.5, 0.6) is 0 Å². The van der Waals surface area contributed by atoms with Crippen LogP contribution in [0.4, 0.5) is 11.4 Å². The van der Waals surface area contributed by atoms with Gasteiger partial charge in [-0.3, -0.25) is 9.59 Å². The van der Waals surface area contributed by atoms with E-state index in [2.05, 4.69) is 22.9 Å². The van der Waals surface area contributed by atoms with Gasteiger partial charge in [0, 0.05) is 24.6 Å². The van der Waals surface area contributed by atoms with Gasteiger partial charge < -0.3 is 16.0 Å². The van der Waals surface area contributed by atoms with Crippen LogP contribution in [0.1, 0.15) is 26.7 Å². The molecule has 0 unspecified atom stereocenters. The summed E-state index contributed by atoms with van der Waals surface area (Å²) in [5, 5.41) is 9.31. The molecule has 0 saturated carbocycles. The van der Waals surface area contributed by atoms with Gasteiger partial charge in [0.2, 0.25) is 11.8 Å². The predicted octanol–water partition coefficient (Wildman–Crippen LogP) is 3.05. The Bertz CT molecular complexity index is 552. The van der Waals surface area contributed by atoms with E-state index in [1.807, 2.05) is 0 Å². The summed E-state index contributed by atoms with van der Waals surface area (Å²) < 4.78 is 0. The van der Waals surface area contributed by atoms with Crippen molar-refractivity contribution in [2.45, 2.75) is 32.7 Å². The molecule has 1 saturated heterocycles. The molecule has 0 aromatic heterocycles. The van der Waals surface area contributed by atoms with Crippen molar-refractivity contribution >= 4 is 47.2 Å². The van der Waals surface area contributed by atoms with Gasteiger partial charge in [-0.2, -0.15) is 0 Å². The van der Waals surface area contributed by atoms with E-state index in [0.29, 0.717) is 22.4 Å². The molecule has 0 spiro atoms. The predicted molar refractivity (Wildman–Crippen MR) is 91.8 cm³/mol. The Balaban J connectivity index is 0.00000242. The second-order valence-electron chi connectivity index (χ2n) is 5.44. The molecular formula is C15H21Cl2N3O2. The lowest BCUT2D eigenvalue weighted by Gasteiger charge is -2.27. The van der Waals surface area contributed by atoms with Gasteiger partial charge in [-0.1, -0.05) is 11.6 Å². The van der Waals surface area contributed by atoms with E-state index in [9.17, 15) is 9.59 Å². The van der Waals surface area contributed by atoms with Crippen LogP contribution in [0.3, 0.4) is 0 Å². The molecule has 0 aliphatic carbocycles. The van der Waals surface area contributed by atoms with Crippen molar-refractivity contribution < 1.29 is 9.59 Å². The van der Waals surface area contributed by atoms with Crippen LogP contribution in [-0.2, 0) is 9.59 Å². The zero-order chi connectivity index (χ0) is 15.4. The standard InChI is InChI=1S/C15H20ClN3O2.ClH/c1-9-7-11(5-6-17-9)15(21)19-14-8-12(18-10(2)20)3-4-13(14)16;/h3-4,8-9,11,17H,5-7H2,1-2H3,(H,18,20)(H,19,21);1H/t9-,11-;/m0./s1. The second kappa shape index (κ2) is 8.36. The van der Waals surface area contributed by atoms with E-state index in [1.165, 1.54) is 6.92 Å². The molecule has 1 aromatic rings. The van der Waals surface area contributed by atoms with Crippen LogP contribution in [0.2, 0.25) is 5.02 Å². The first-order chi connectivity index (χ1) is 9.95. The van der Waals surface area contributed by atoms with Gasteiger partial charge in [-0.05, 0) is 44.5 Å². The van der Waals surface area contributed by atoms with Crippen LogP contribution in [0, 0.1) is 5.92 Å². The van der Waals surface area contributed by atoms with Crippen molar-refractivity contribution in [2.24, 2.45) is 5.92 Å². The molecule has 2 rings (SSSR count). The first-order valence-electron chi connectivity index (χ1n) is 7.07. The van der Waals surface area contributed by atoms with Gasteiger partial charge in [-0.15, -0.1) is 12.4 Å². The molecular weight excluding hydrogens is 325 g/mol. The molecule has 3 N–H and O–H groups in total. The minimum Gasteiger partial charge on any atom is -0.326 e. The van der Waals surface area contributed by atoms with Gasteiger partial charge in [0.05, 0.1) is 10.7 Å². The first-order valence-corrected chi connectivity index (χ1v) is 7.45. The monoisotopic (exact) mass is 345 g/mol. The number of rotatable bonds is 3. The average molecular weight is 346 g/mol. The van der Waals surface area contributed by atoms with E-state index in [1.54, 1.807) is 18.2 Å². The smallest absolute Gasteiger partial charge is 0.227 e. The number of hydrogen-bond donors (Lipinski definition) is 3. The number of carbonyl (C=O) groups is 2. The third kappa shape index (κ3) is 5.16. The Hall–Kier alpha value is -1.30. The van der Waals surface area contributed by atoms with Gasteiger partial charge in [-0.25, -0.2) is 0 Å². The number of anilines is 2. The Kier molecular flexibility index (Phi) is 7.13. The quantitative estimate of drug-likeness (QED) is 0.788. The molecule has 5 nitrogen and oxygen atoms in total. The molecule has 1 fully saturated rings. The minimum atomic E-state index is -0.165. The summed E-state index contributed by atoms with van der Waals surface area (Å²) in [6.07, 6.45) is 1.63. The summed E-state index contributed by atoms with van der Waals surface area (Å²) in [6.45, 7) is 4.35. The van der Waals surface area contributed by atoms with Crippen LogP contribution in [0.15, 0.2) is 18.2 Å². The molecule has 0 radical (unpaired) electrons. The van der Waals surface area contributed by atoms with Crippen molar-refractivity contribution in [1.82, 2.24) is 5.32 Å². The van der Waals surface area contributed by atoms with Gasteiger partial charge >= 0.3 is 0 Å². The normalized spacial score (nSPS) is 20.7. The SMILES string of the molecule is CC(=O)Nc1ccc(Cl)c(NC(=O)[C@H]2CCN[C@@H](C)C2)c1.Cl. The average Bonchev–Trinajstić information content (AvgIpc) is 2.42. The molecule has 2 amide bonds. The Morgan fingerprint density at radius 3 is 2.68 bits per heavy atom. The number of piperidine rings is 1. The Labute approximate surface area is 141 Å². The molecule has 122 valence electrons. The highest BCUT2D eigenvalue weighted by Gasteiger charge is 2.25. The summed E-state index contributed by atoms with van der Waals surface area (Å²) >= 11 is 6.10. The van der Waals surface area contributed by atoms with E-state index < -0.39 is 0 Å². The highest BCUT2D eigenvalue weighted by Crippen LogP contribution is 2.27. The molecule has 2 atom stereocenters. The number of halogens is 2. The molecule has 1 aliphatic heterocycles. The van der Waals surface area contributed by atoms with Crippen molar-refractivity contribution in [3.05, 3.63) is 23.2 Å². The summed E-state index contributed by atoms with van der Waals surface area (Å²) in [4.78, 5) is 23.4. The van der Waals surface area contributed by atoms with Crippen LogP contribution in [0.25, 0.3) is 0 Å².